The molecule has 1 aromatic carbocycles. The Morgan fingerprint density at radius 1 is 1.10 bits per heavy atom. The van der Waals surface area contributed by atoms with Gasteiger partial charge in [0.15, 0.2) is 0 Å². The van der Waals surface area contributed by atoms with Crippen molar-refractivity contribution in [2.75, 3.05) is 5.33 Å². The molecular weight excluding hydrogens is 241 g/mol. The van der Waals surface area contributed by atoms with Crippen LogP contribution in [0.4, 0.5) is 0 Å². The van der Waals surface area contributed by atoms with E-state index in [0.717, 1.165) is 11.8 Å². The van der Waals surface area contributed by atoms with Crippen molar-refractivity contribution in [3.8, 4) is 0 Å². The summed E-state index contributed by atoms with van der Waals surface area (Å²) >= 11 is 3.39. The van der Waals surface area contributed by atoms with Crippen LogP contribution in [0.15, 0.2) is 30.3 Å². The van der Waals surface area contributed by atoms with Crippen molar-refractivity contribution in [1.29, 1.82) is 0 Å². The standard InChI is InChI=1S/C8H9Br.Zn/c9-7-6-8-4-2-1-3-5-8;/h1-5H,6-7H2;. The quantitative estimate of drug-likeness (QED) is 0.559. The van der Waals surface area contributed by atoms with Gasteiger partial charge >= 0.3 is 0 Å². The number of aryl methyl sites for hydroxylation is 1. The molecule has 1 rings (SSSR count). The second-order valence-electron chi connectivity index (χ2n) is 1.92. The van der Waals surface area contributed by atoms with Crippen molar-refractivity contribution in [1.82, 2.24) is 0 Å². The Hall–Kier alpha value is 0.323. The van der Waals surface area contributed by atoms with E-state index in [2.05, 4.69) is 40.2 Å². The topological polar surface area (TPSA) is 0 Å². The van der Waals surface area contributed by atoms with Gasteiger partial charge in [-0.1, -0.05) is 46.3 Å². The van der Waals surface area contributed by atoms with Crippen LogP contribution in [-0.4, -0.2) is 5.33 Å². The van der Waals surface area contributed by atoms with Crippen LogP contribution in [0, 0.1) is 0 Å². The van der Waals surface area contributed by atoms with E-state index >= 15 is 0 Å². The van der Waals surface area contributed by atoms with Crippen molar-refractivity contribution in [2.24, 2.45) is 0 Å². The first-order chi connectivity index (χ1) is 4.43. The Kier molecular flexibility index (Phi) is 6.26. The smallest absolute Gasteiger partial charge is 0.00718 e. The van der Waals surface area contributed by atoms with Crippen molar-refractivity contribution in [3.05, 3.63) is 35.9 Å². The molecule has 50 valence electrons. The Labute approximate surface area is 82.9 Å². The van der Waals surface area contributed by atoms with Crippen molar-refractivity contribution in [2.45, 2.75) is 6.42 Å². The molecule has 0 spiro atoms. The van der Waals surface area contributed by atoms with Crippen molar-refractivity contribution < 1.29 is 19.5 Å². The van der Waals surface area contributed by atoms with E-state index in [1.807, 2.05) is 6.07 Å². The number of halogens is 1. The third-order valence-corrected chi connectivity index (χ3v) is 1.62. The summed E-state index contributed by atoms with van der Waals surface area (Å²) in [6.45, 7) is 0. The molecule has 0 aromatic heterocycles. The van der Waals surface area contributed by atoms with Gasteiger partial charge in [0.1, 0.15) is 0 Å². The zero-order valence-corrected chi connectivity index (χ0v) is 10.4. The predicted molar refractivity (Wildman–Crippen MR) is 43.9 cm³/mol. The average Bonchev–Trinajstić information content (AvgIpc) is 1.91. The molecule has 0 aliphatic carbocycles. The first-order valence-corrected chi connectivity index (χ1v) is 4.15. The van der Waals surface area contributed by atoms with Crippen LogP contribution >= 0.6 is 15.9 Å². The molecular formula is C8H9BrZn. The van der Waals surface area contributed by atoms with Crippen molar-refractivity contribution in [3.63, 3.8) is 0 Å². The van der Waals surface area contributed by atoms with Crippen molar-refractivity contribution >= 4 is 15.9 Å². The fourth-order valence-corrected chi connectivity index (χ4v) is 1.21. The monoisotopic (exact) mass is 248 g/mol. The number of alkyl halides is 1. The molecule has 0 amide bonds. The third-order valence-electron chi connectivity index (χ3n) is 1.23. The van der Waals surface area contributed by atoms with Crippen LogP contribution in [-0.2, 0) is 25.9 Å². The maximum atomic E-state index is 3.39. The minimum Gasteiger partial charge on any atom is -0.0924 e. The molecule has 0 nitrogen and oxygen atoms in total. The van der Waals surface area contributed by atoms with Gasteiger partial charge in [0.2, 0.25) is 0 Å². The normalized spacial score (nSPS) is 8.50. The number of rotatable bonds is 2. The first-order valence-electron chi connectivity index (χ1n) is 3.03. The molecule has 2 heteroatoms. The van der Waals surface area contributed by atoms with E-state index in [0.29, 0.717) is 0 Å². The zero-order valence-electron chi connectivity index (χ0n) is 5.89. The minimum atomic E-state index is 0. The summed E-state index contributed by atoms with van der Waals surface area (Å²) in [6.07, 6.45) is 1.13. The number of hydrogen-bond acceptors (Lipinski definition) is 0. The molecule has 1 aromatic rings. The molecule has 0 fully saturated rings. The summed E-state index contributed by atoms with van der Waals surface area (Å²) < 4.78 is 0. The zero-order chi connectivity index (χ0) is 6.53. The summed E-state index contributed by atoms with van der Waals surface area (Å²) in [5.41, 5.74) is 1.40. The van der Waals surface area contributed by atoms with Gasteiger partial charge in [-0.25, -0.2) is 0 Å². The third kappa shape index (κ3) is 3.48. The molecule has 0 radical (unpaired) electrons. The van der Waals surface area contributed by atoms with Gasteiger partial charge in [-0.05, 0) is 12.0 Å². The Morgan fingerprint density at radius 3 is 2.20 bits per heavy atom. The predicted octanol–water partition coefficient (Wildman–Crippen LogP) is 2.62. The van der Waals surface area contributed by atoms with Gasteiger partial charge in [-0.15, -0.1) is 0 Å². The SMILES string of the molecule is BrCCc1ccccc1.[Zn]. The summed E-state index contributed by atoms with van der Waals surface area (Å²) in [4.78, 5) is 0. The van der Waals surface area contributed by atoms with Crippen LogP contribution in [0.3, 0.4) is 0 Å². The number of benzene rings is 1. The van der Waals surface area contributed by atoms with Crippen LogP contribution in [0.25, 0.3) is 0 Å². The minimum absolute atomic E-state index is 0. The fraction of sp³-hybridized carbons (Fsp3) is 0.250. The number of hydrogen-bond donors (Lipinski definition) is 0. The van der Waals surface area contributed by atoms with Gasteiger partial charge < -0.3 is 0 Å². The van der Waals surface area contributed by atoms with Gasteiger partial charge in [0.25, 0.3) is 0 Å². The molecule has 10 heavy (non-hydrogen) atoms. The summed E-state index contributed by atoms with van der Waals surface area (Å²) in [6, 6.07) is 10.5. The summed E-state index contributed by atoms with van der Waals surface area (Å²) in [5, 5.41) is 1.05. The Morgan fingerprint density at radius 2 is 1.70 bits per heavy atom. The molecule has 0 unspecified atom stereocenters. The Balaban J connectivity index is 0.000000810. The molecule has 0 saturated heterocycles. The second-order valence-corrected chi connectivity index (χ2v) is 2.72. The molecule has 0 bridgehead atoms. The molecule has 0 N–H and O–H groups in total. The maximum Gasteiger partial charge on any atom is 0.00718 e. The average molecular weight is 250 g/mol. The van der Waals surface area contributed by atoms with Crippen LogP contribution in [0.1, 0.15) is 5.56 Å². The second kappa shape index (κ2) is 6.06. The van der Waals surface area contributed by atoms with E-state index in [-0.39, 0.29) is 19.5 Å². The van der Waals surface area contributed by atoms with E-state index < -0.39 is 0 Å². The summed E-state index contributed by atoms with van der Waals surface area (Å²) in [5.74, 6) is 0. The summed E-state index contributed by atoms with van der Waals surface area (Å²) in [7, 11) is 0. The molecule has 0 atom stereocenters. The van der Waals surface area contributed by atoms with E-state index in [1.165, 1.54) is 5.56 Å². The van der Waals surface area contributed by atoms with Gasteiger partial charge in [0, 0.05) is 24.8 Å². The Bertz CT molecular complexity index is 162. The molecule has 0 heterocycles. The molecule has 0 aliphatic heterocycles. The van der Waals surface area contributed by atoms with Gasteiger partial charge in [0.05, 0.1) is 0 Å². The van der Waals surface area contributed by atoms with Crippen LogP contribution < -0.4 is 0 Å². The molecule has 0 aliphatic rings. The van der Waals surface area contributed by atoms with Gasteiger partial charge in [-0.3, -0.25) is 0 Å². The maximum absolute atomic E-state index is 3.39. The fourth-order valence-electron chi connectivity index (χ4n) is 0.754. The van der Waals surface area contributed by atoms with Crippen LogP contribution in [0.2, 0.25) is 0 Å². The van der Waals surface area contributed by atoms with E-state index in [9.17, 15) is 0 Å². The van der Waals surface area contributed by atoms with E-state index in [1.54, 1.807) is 0 Å². The largest absolute Gasteiger partial charge is 0.0924 e. The van der Waals surface area contributed by atoms with Crippen LogP contribution in [0.5, 0.6) is 0 Å². The van der Waals surface area contributed by atoms with E-state index in [4.69, 9.17) is 0 Å². The van der Waals surface area contributed by atoms with Gasteiger partial charge in [-0.2, -0.15) is 0 Å². The molecule has 0 saturated carbocycles. The first kappa shape index (κ1) is 10.3.